The quantitative estimate of drug-likeness (QED) is 0.453. The van der Waals surface area contributed by atoms with Crippen LogP contribution in [0.1, 0.15) is 35.2 Å². The molecule has 3 aromatic rings. The van der Waals surface area contributed by atoms with Crippen LogP contribution in [0.25, 0.3) is 11.3 Å². The standard InChI is InChI=1S/C24H26N6O3/c25-21-11-4-16(14-26-21)15-27-24(33)28-18-7-5-17(6-8-18)20-10-9-19(23(31)32)22(29-20)30-12-2-1-3-13-30/h4-11,14H,1-3,12-13,15H2,(H2,25,26)(H,31,32)(H2,27,28,33). The van der Waals surface area contributed by atoms with E-state index in [0.29, 0.717) is 29.6 Å². The number of nitrogens with two attached hydrogens (primary N) is 1. The van der Waals surface area contributed by atoms with Gasteiger partial charge in [0, 0.05) is 37.1 Å². The lowest BCUT2D eigenvalue weighted by Crippen LogP contribution is -2.31. The fourth-order valence-corrected chi connectivity index (χ4v) is 3.75. The van der Waals surface area contributed by atoms with Gasteiger partial charge in [0.1, 0.15) is 17.2 Å². The molecule has 0 saturated carbocycles. The van der Waals surface area contributed by atoms with Crippen LogP contribution >= 0.6 is 0 Å². The summed E-state index contributed by atoms with van der Waals surface area (Å²) in [5.41, 5.74) is 8.77. The normalized spacial score (nSPS) is 13.4. The molecule has 0 bridgehead atoms. The molecule has 0 radical (unpaired) electrons. The Bertz CT molecular complexity index is 1130. The molecule has 3 heterocycles. The minimum absolute atomic E-state index is 0.215. The molecular formula is C24H26N6O3. The summed E-state index contributed by atoms with van der Waals surface area (Å²) in [7, 11) is 0. The van der Waals surface area contributed by atoms with E-state index in [1.54, 1.807) is 42.6 Å². The highest BCUT2D eigenvalue weighted by Crippen LogP contribution is 2.27. The van der Waals surface area contributed by atoms with Crippen LogP contribution in [0, 0.1) is 0 Å². The second-order valence-corrected chi connectivity index (χ2v) is 7.90. The third-order valence-electron chi connectivity index (χ3n) is 5.50. The fourth-order valence-electron chi connectivity index (χ4n) is 3.75. The van der Waals surface area contributed by atoms with E-state index in [2.05, 4.69) is 20.6 Å². The Balaban J connectivity index is 1.43. The molecule has 1 aliphatic heterocycles. The van der Waals surface area contributed by atoms with Gasteiger partial charge in [-0.25, -0.2) is 19.6 Å². The molecule has 1 aromatic carbocycles. The zero-order valence-corrected chi connectivity index (χ0v) is 18.1. The monoisotopic (exact) mass is 446 g/mol. The number of aromatic carboxylic acids is 1. The number of carbonyl (C=O) groups excluding carboxylic acids is 1. The smallest absolute Gasteiger partial charge is 0.339 e. The molecule has 4 rings (SSSR count). The highest BCUT2D eigenvalue weighted by molar-refractivity contribution is 5.94. The van der Waals surface area contributed by atoms with Gasteiger partial charge < -0.3 is 26.4 Å². The average molecular weight is 447 g/mol. The molecule has 0 unspecified atom stereocenters. The van der Waals surface area contributed by atoms with Gasteiger partial charge in [-0.15, -0.1) is 0 Å². The minimum Gasteiger partial charge on any atom is -0.478 e. The molecule has 0 spiro atoms. The number of nitrogen functional groups attached to an aromatic ring is 1. The number of rotatable bonds is 6. The number of anilines is 3. The van der Waals surface area contributed by atoms with E-state index in [1.807, 2.05) is 17.0 Å². The Morgan fingerprint density at radius 1 is 1.00 bits per heavy atom. The maximum Gasteiger partial charge on any atom is 0.339 e. The molecule has 0 atom stereocenters. The number of nitrogens with one attached hydrogen (secondary N) is 2. The number of carbonyl (C=O) groups is 2. The first-order chi connectivity index (χ1) is 16.0. The van der Waals surface area contributed by atoms with Crippen molar-refractivity contribution in [3.8, 4) is 11.3 Å². The fraction of sp³-hybridized carbons (Fsp3) is 0.250. The second-order valence-electron chi connectivity index (χ2n) is 7.90. The van der Waals surface area contributed by atoms with Gasteiger partial charge in [0.25, 0.3) is 0 Å². The van der Waals surface area contributed by atoms with Crippen LogP contribution in [0.4, 0.5) is 22.1 Å². The van der Waals surface area contributed by atoms with E-state index in [-0.39, 0.29) is 11.6 Å². The molecule has 9 heteroatoms. The van der Waals surface area contributed by atoms with Crippen LogP contribution in [0.3, 0.4) is 0 Å². The SMILES string of the molecule is Nc1ccc(CNC(=O)Nc2ccc(-c3ccc(C(=O)O)c(N4CCCCC4)n3)cc2)cn1. The Kier molecular flexibility index (Phi) is 6.68. The van der Waals surface area contributed by atoms with Crippen LogP contribution in [-0.2, 0) is 6.54 Å². The third-order valence-corrected chi connectivity index (χ3v) is 5.50. The second kappa shape index (κ2) is 9.99. The minimum atomic E-state index is -0.977. The lowest BCUT2D eigenvalue weighted by molar-refractivity contribution is 0.0697. The van der Waals surface area contributed by atoms with Gasteiger partial charge in [0.05, 0.1) is 5.69 Å². The lowest BCUT2D eigenvalue weighted by Gasteiger charge is -2.29. The lowest BCUT2D eigenvalue weighted by atomic mass is 10.1. The van der Waals surface area contributed by atoms with Crippen molar-refractivity contribution >= 4 is 29.3 Å². The molecule has 1 fully saturated rings. The molecule has 9 nitrogen and oxygen atoms in total. The van der Waals surface area contributed by atoms with Gasteiger partial charge in [-0.1, -0.05) is 18.2 Å². The number of benzene rings is 1. The zero-order chi connectivity index (χ0) is 23.2. The van der Waals surface area contributed by atoms with E-state index in [1.165, 1.54) is 0 Å². The van der Waals surface area contributed by atoms with Gasteiger partial charge >= 0.3 is 12.0 Å². The van der Waals surface area contributed by atoms with Crippen molar-refractivity contribution in [2.45, 2.75) is 25.8 Å². The molecule has 1 saturated heterocycles. The first kappa shape index (κ1) is 22.1. The van der Waals surface area contributed by atoms with Crippen LogP contribution in [-0.4, -0.2) is 40.2 Å². The Labute approximate surface area is 191 Å². The summed E-state index contributed by atoms with van der Waals surface area (Å²) < 4.78 is 0. The molecule has 2 aromatic heterocycles. The summed E-state index contributed by atoms with van der Waals surface area (Å²) in [4.78, 5) is 34.6. The number of amides is 2. The number of pyridine rings is 2. The average Bonchev–Trinajstić information content (AvgIpc) is 2.84. The molecule has 33 heavy (non-hydrogen) atoms. The van der Waals surface area contributed by atoms with Gasteiger partial charge in [-0.05, 0) is 55.2 Å². The van der Waals surface area contributed by atoms with E-state index >= 15 is 0 Å². The van der Waals surface area contributed by atoms with Gasteiger partial charge in [-0.3, -0.25) is 0 Å². The predicted molar refractivity (Wildman–Crippen MR) is 127 cm³/mol. The molecule has 5 N–H and O–H groups in total. The Morgan fingerprint density at radius 2 is 1.76 bits per heavy atom. The van der Waals surface area contributed by atoms with Crippen molar-refractivity contribution < 1.29 is 14.7 Å². The van der Waals surface area contributed by atoms with Crippen molar-refractivity contribution in [2.75, 3.05) is 29.0 Å². The predicted octanol–water partition coefficient (Wildman–Crippen LogP) is 3.74. The van der Waals surface area contributed by atoms with Crippen LogP contribution in [0.5, 0.6) is 0 Å². The highest BCUT2D eigenvalue weighted by atomic mass is 16.4. The van der Waals surface area contributed by atoms with E-state index in [4.69, 9.17) is 5.73 Å². The first-order valence-electron chi connectivity index (χ1n) is 10.8. The number of piperidine rings is 1. The number of hydrogen-bond donors (Lipinski definition) is 4. The van der Waals surface area contributed by atoms with Gasteiger partial charge in [-0.2, -0.15) is 0 Å². The number of carboxylic acid groups (broad SMARTS) is 1. The van der Waals surface area contributed by atoms with E-state index < -0.39 is 5.97 Å². The third kappa shape index (κ3) is 5.57. The van der Waals surface area contributed by atoms with Crippen molar-refractivity contribution in [2.24, 2.45) is 0 Å². The van der Waals surface area contributed by atoms with E-state index in [9.17, 15) is 14.7 Å². The van der Waals surface area contributed by atoms with Crippen molar-refractivity contribution in [3.05, 3.63) is 65.9 Å². The van der Waals surface area contributed by atoms with Crippen molar-refractivity contribution in [3.63, 3.8) is 0 Å². The van der Waals surface area contributed by atoms with Crippen LogP contribution in [0.15, 0.2) is 54.7 Å². The maximum absolute atomic E-state index is 12.2. The maximum atomic E-state index is 12.2. The number of aromatic nitrogens is 2. The zero-order valence-electron chi connectivity index (χ0n) is 18.1. The summed E-state index contributed by atoms with van der Waals surface area (Å²) in [5, 5.41) is 15.1. The molecule has 1 aliphatic rings. The summed E-state index contributed by atoms with van der Waals surface area (Å²) in [5.74, 6) is -0.0354. The first-order valence-corrected chi connectivity index (χ1v) is 10.8. The Morgan fingerprint density at radius 3 is 2.42 bits per heavy atom. The van der Waals surface area contributed by atoms with Gasteiger partial charge in [0.2, 0.25) is 0 Å². The molecule has 0 aliphatic carbocycles. The van der Waals surface area contributed by atoms with Gasteiger partial charge in [0.15, 0.2) is 0 Å². The number of nitrogens with zero attached hydrogens (tertiary/aromatic N) is 3. The molecular weight excluding hydrogens is 420 g/mol. The number of hydrogen-bond acceptors (Lipinski definition) is 6. The molecule has 2 amide bonds. The van der Waals surface area contributed by atoms with Crippen LogP contribution < -0.4 is 21.3 Å². The summed E-state index contributed by atoms with van der Waals surface area (Å²) in [6.45, 7) is 1.94. The summed E-state index contributed by atoms with van der Waals surface area (Å²) >= 11 is 0. The summed E-state index contributed by atoms with van der Waals surface area (Å²) in [6.07, 6.45) is 4.83. The number of carboxylic acids is 1. The van der Waals surface area contributed by atoms with Crippen molar-refractivity contribution in [1.82, 2.24) is 15.3 Å². The largest absolute Gasteiger partial charge is 0.478 e. The van der Waals surface area contributed by atoms with Crippen molar-refractivity contribution in [1.29, 1.82) is 0 Å². The topological polar surface area (TPSA) is 133 Å². The highest BCUT2D eigenvalue weighted by Gasteiger charge is 2.20. The number of urea groups is 1. The summed E-state index contributed by atoms with van der Waals surface area (Å²) in [6, 6.07) is 13.7. The van der Waals surface area contributed by atoms with E-state index in [0.717, 1.165) is 43.5 Å². The Hall–Kier alpha value is -4.14. The van der Waals surface area contributed by atoms with Crippen LogP contribution in [0.2, 0.25) is 0 Å². The molecule has 170 valence electrons.